The van der Waals surface area contributed by atoms with Gasteiger partial charge in [-0.25, -0.2) is 0 Å². The zero-order valence-corrected chi connectivity index (χ0v) is 12.2. The summed E-state index contributed by atoms with van der Waals surface area (Å²) in [6.07, 6.45) is -2.04. The lowest BCUT2D eigenvalue weighted by molar-refractivity contribution is -0.129. The molecule has 4 atom stereocenters. The number of aliphatic hydroxyl groups is 3. The molecule has 0 bridgehead atoms. The van der Waals surface area contributed by atoms with E-state index < -0.39 is 24.4 Å². The van der Waals surface area contributed by atoms with Crippen molar-refractivity contribution in [3.63, 3.8) is 0 Å². The quantitative estimate of drug-likeness (QED) is 0.409. The second kappa shape index (κ2) is 9.82. The SMILES string of the molecule is CC(=O)CCC(=O)N[C@@H](CO)C(C)OC(CO)[C@H](C)O. The summed E-state index contributed by atoms with van der Waals surface area (Å²) in [6, 6.07) is -0.665. The lowest BCUT2D eigenvalue weighted by Crippen LogP contribution is -2.48. The van der Waals surface area contributed by atoms with Crippen molar-refractivity contribution in [3.8, 4) is 0 Å². The molecule has 0 rings (SSSR count). The number of aliphatic hydroxyl groups excluding tert-OH is 3. The largest absolute Gasteiger partial charge is 0.394 e. The number of hydrogen-bond acceptors (Lipinski definition) is 6. The standard InChI is InChI=1S/C13H25NO6/c1-8(17)4-5-13(19)14-11(6-15)10(3)20-12(7-16)9(2)18/h9-12,15-16,18H,4-7H2,1-3H3,(H,14,19)/t9-,10?,11-,12?/m0/s1. The van der Waals surface area contributed by atoms with E-state index in [0.717, 1.165) is 0 Å². The second-order valence-corrected chi connectivity index (χ2v) is 4.86. The third kappa shape index (κ3) is 7.54. The predicted molar refractivity (Wildman–Crippen MR) is 72.0 cm³/mol. The summed E-state index contributed by atoms with van der Waals surface area (Å²) < 4.78 is 5.40. The van der Waals surface area contributed by atoms with E-state index in [9.17, 15) is 19.8 Å². The van der Waals surface area contributed by atoms with Crippen LogP contribution >= 0.6 is 0 Å². The van der Waals surface area contributed by atoms with E-state index in [1.54, 1.807) is 6.92 Å². The van der Waals surface area contributed by atoms with Crippen LogP contribution in [0, 0.1) is 0 Å². The van der Waals surface area contributed by atoms with E-state index in [1.165, 1.54) is 13.8 Å². The molecule has 2 unspecified atom stereocenters. The molecular weight excluding hydrogens is 266 g/mol. The number of carbonyl (C=O) groups is 2. The minimum absolute atomic E-state index is 0.0540. The molecule has 0 aromatic carbocycles. The minimum Gasteiger partial charge on any atom is -0.394 e. The van der Waals surface area contributed by atoms with Crippen LogP contribution in [0.25, 0.3) is 0 Å². The van der Waals surface area contributed by atoms with Crippen LogP contribution in [-0.2, 0) is 14.3 Å². The molecule has 4 N–H and O–H groups in total. The minimum atomic E-state index is -0.866. The van der Waals surface area contributed by atoms with Crippen LogP contribution in [0.3, 0.4) is 0 Å². The fourth-order valence-electron chi connectivity index (χ4n) is 1.56. The number of Topliss-reactive ketones (excluding diaryl/α,β-unsaturated/α-hetero) is 1. The molecule has 7 heteroatoms. The molecule has 0 aliphatic rings. The first-order valence-electron chi connectivity index (χ1n) is 6.65. The molecule has 0 aromatic rings. The van der Waals surface area contributed by atoms with Crippen molar-refractivity contribution in [2.24, 2.45) is 0 Å². The van der Waals surface area contributed by atoms with Crippen molar-refractivity contribution in [3.05, 3.63) is 0 Å². The van der Waals surface area contributed by atoms with Crippen molar-refractivity contribution in [1.82, 2.24) is 5.32 Å². The number of ether oxygens (including phenoxy) is 1. The van der Waals surface area contributed by atoms with Gasteiger partial charge in [0, 0.05) is 12.8 Å². The van der Waals surface area contributed by atoms with Gasteiger partial charge >= 0.3 is 0 Å². The molecule has 0 saturated heterocycles. The zero-order chi connectivity index (χ0) is 15.7. The number of carbonyl (C=O) groups excluding carboxylic acids is 2. The molecule has 0 radical (unpaired) electrons. The summed E-state index contributed by atoms with van der Waals surface area (Å²) >= 11 is 0. The Morgan fingerprint density at radius 3 is 2.15 bits per heavy atom. The molecule has 0 fully saturated rings. The van der Waals surface area contributed by atoms with E-state index in [0.29, 0.717) is 0 Å². The van der Waals surface area contributed by atoms with Crippen molar-refractivity contribution in [2.75, 3.05) is 13.2 Å². The van der Waals surface area contributed by atoms with E-state index in [2.05, 4.69) is 5.32 Å². The first kappa shape index (κ1) is 19.0. The fourth-order valence-corrected chi connectivity index (χ4v) is 1.56. The molecule has 1 amide bonds. The first-order chi connectivity index (χ1) is 9.31. The molecular formula is C13H25NO6. The average Bonchev–Trinajstić information content (AvgIpc) is 2.38. The summed E-state index contributed by atoms with van der Waals surface area (Å²) in [5.74, 6) is -0.438. The van der Waals surface area contributed by atoms with Gasteiger partial charge in [-0.2, -0.15) is 0 Å². The van der Waals surface area contributed by atoms with Gasteiger partial charge in [-0.15, -0.1) is 0 Å². The topological polar surface area (TPSA) is 116 Å². The molecule has 0 aliphatic heterocycles. The number of ketones is 1. The number of nitrogens with one attached hydrogen (secondary N) is 1. The fraction of sp³-hybridized carbons (Fsp3) is 0.846. The average molecular weight is 291 g/mol. The number of amides is 1. The highest BCUT2D eigenvalue weighted by molar-refractivity contribution is 5.83. The molecule has 0 aromatic heterocycles. The molecule has 0 spiro atoms. The van der Waals surface area contributed by atoms with E-state index in [1.807, 2.05) is 0 Å². The number of hydrogen-bond donors (Lipinski definition) is 4. The van der Waals surface area contributed by atoms with Crippen molar-refractivity contribution >= 4 is 11.7 Å². The van der Waals surface area contributed by atoms with Crippen LogP contribution in [0.5, 0.6) is 0 Å². The predicted octanol–water partition coefficient (Wildman–Crippen LogP) is -1.02. The monoisotopic (exact) mass is 291 g/mol. The highest BCUT2D eigenvalue weighted by Crippen LogP contribution is 2.07. The van der Waals surface area contributed by atoms with Gasteiger partial charge in [-0.1, -0.05) is 0 Å². The van der Waals surface area contributed by atoms with Crippen LogP contribution < -0.4 is 5.32 Å². The number of rotatable bonds is 10. The Morgan fingerprint density at radius 2 is 1.75 bits per heavy atom. The lowest BCUT2D eigenvalue weighted by atomic mass is 10.1. The Hall–Kier alpha value is -1.02. The van der Waals surface area contributed by atoms with Crippen LogP contribution in [0.4, 0.5) is 0 Å². The molecule has 0 saturated carbocycles. The molecule has 118 valence electrons. The lowest BCUT2D eigenvalue weighted by Gasteiger charge is -2.28. The van der Waals surface area contributed by atoms with Crippen LogP contribution in [0.2, 0.25) is 0 Å². The highest BCUT2D eigenvalue weighted by Gasteiger charge is 2.24. The van der Waals surface area contributed by atoms with Gasteiger partial charge in [0.15, 0.2) is 0 Å². The van der Waals surface area contributed by atoms with Crippen LogP contribution in [-0.4, -0.2) is 64.6 Å². The summed E-state index contributed by atoms with van der Waals surface area (Å²) in [5, 5.41) is 30.2. The molecule has 0 heterocycles. The Labute approximate surface area is 118 Å². The van der Waals surface area contributed by atoms with Crippen molar-refractivity contribution in [2.45, 2.75) is 58.0 Å². The maximum atomic E-state index is 11.6. The highest BCUT2D eigenvalue weighted by atomic mass is 16.5. The third-order valence-corrected chi connectivity index (χ3v) is 2.92. The molecule has 7 nitrogen and oxygen atoms in total. The van der Waals surface area contributed by atoms with Gasteiger partial charge in [0.2, 0.25) is 5.91 Å². The van der Waals surface area contributed by atoms with Gasteiger partial charge in [0.1, 0.15) is 11.9 Å². The normalized spacial score (nSPS) is 17.1. The third-order valence-electron chi connectivity index (χ3n) is 2.92. The second-order valence-electron chi connectivity index (χ2n) is 4.86. The summed E-state index contributed by atoms with van der Waals surface area (Å²) in [5.41, 5.74) is 0. The Morgan fingerprint density at radius 1 is 1.15 bits per heavy atom. The van der Waals surface area contributed by atoms with Gasteiger partial charge < -0.3 is 30.2 Å². The van der Waals surface area contributed by atoms with Crippen LogP contribution in [0.1, 0.15) is 33.6 Å². The van der Waals surface area contributed by atoms with Gasteiger partial charge in [0.25, 0.3) is 0 Å². The maximum absolute atomic E-state index is 11.6. The van der Waals surface area contributed by atoms with E-state index in [-0.39, 0.29) is 37.7 Å². The summed E-state index contributed by atoms with van der Waals surface area (Å²) in [6.45, 7) is 3.80. The smallest absolute Gasteiger partial charge is 0.220 e. The van der Waals surface area contributed by atoms with Crippen molar-refractivity contribution in [1.29, 1.82) is 0 Å². The van der Waals surface area contributed by atoms with E-state index in [4.69, 9.17) is 9.84 Å². The molecule has 0 aliphatic carbocycles. The first-order valence-corrected chi connectivity index (χ1v) is 6.65. The Balaban J connectivity index is 4.36. The summed E-state index contributed by atoms with van der Waals surface area (Å²) in [4.78, 5) is 22.4. The zero-order valence-electron chi connectivity index (χ0n) is 12.2. The Kier molecular flexibility index (Phi) is 9.32. The van der Waals surface area contributed by atoms with E-state index >= 15 is 0 Å². The summed E-state index contributed by atoms with van der Waals surface area (Å²) in [7, 11) is 0. The van der Waals surface area contributed by atoms with Crippen molar-refractivity contribution < 1.29 is 29.6 Å². The molecule has 20 heavy (non-hydrogen) atoms. The Bertz CT molecular complexity index is 307. The van der Waals surface area contributed by atoms with Gasteiger partial charge in [-0.05, 0) is 20.8 Å². The van der Waals surface area contributed by atoms with Gasteiger partial charge in [0.05, 0.1) is 31.5 Å². The van der Waals surface area contributed by atoms with Crippen LogP contribution in [0.15, 0.2) is 0 Å². The van der Waals surface area contributed by atoms with Gasteiger partial charge in [-0.3, -0.25) is 4.79 Å². The maximum Gasteiger partial charge on any atom is 0.220 e.